The lowest BCUT2D eigenvalue weighted by molar-refractivity contribution is 0.346. The molecule has 0 N–H and O–H groups in total. The molecule has 18 heavy (non-hydrogen) atoms. The highest BCUT2D eigenvalue weighted by Crippen LogP contribution is 2.24. The van der Waals surface area contributed by atoms with Crippen molar-refractivity contribution in [2.45, 2.75) is 12.8 Å². The van der Waals surface area contributed by atoms with Crippen molar-refractivity contribution in [3.05, 3.63) is 34.8 Å². The van der Waals surface area contributed by atoms with Crippen LogP contribution in [0.3, 0.4) is 0 Å². The van der Waals surface area contributed by atoms with E-state index in [0.29, 0.717) is 0 Å². The van der Waals surface area contributed by atoms with Gasteiger partial charge in [-0.2, -0.15) is 0 Å². The first-order valence-electron chi connectivity index (χ1n) is 6.56. The minimum absolute atomic E-state index is 1.07. The molecule has 1 fully saturated rings. The fourth-order valence-electron chi connectivity index (χ4n) is 2.45. The molecule has 1 aliphatic heterocycles. The van der Waals surface area contributed by atoms with Gasteiger partial charge in [-0.25, -0.2) is 0 Å². The van der Waals surface area contributed by atoms with Crippen molar-refractivity contribution < 1.29 is 0 Å². The van der Waals surface area contributed by atoms with Crippen molar-refractivity contribution in [2.24, 2.45) is 0 Å². The molecule has 0 aromatic heterocycles. The zero-order chi connectivity index (χ0) is 13.0. The molecule has 3 heteroatoms. The summed E-state index contributed by atoms with van der Waals surface area (Å²) in [5.41, 5.74) is 2.45. The van der Waals surface area contributed by atoms with E-state index in [0.717, 1.165) is 17.6 Å². The first kappa shape index (κ1) is 13.6. The molecule has 1 aromatic carbocycles. The molecule has 0 atom stereocenters. The lowest BCUT2D eigenvalue weighted by Gasteiger charge is -2.24. The molecule has 0 aliphatic carbocycles. The van der Waals surface area contributed by atoms with Crippen LogP contribution in [-0.2, 0) is 0 Å². The zero-order valence-corrected chi connectivity index (χ0v) is 12.6. The van der Waals surface area contributed by atoms with Crippen LogP contribution in [0.15, 0.2) is 29.3 Å². The second kappa shape index (κ2) is 6.39. The lowest BCUT2D eigenvalue weighted by atomic mass is 10.1. The van der Waals surface area contributed by atoms with Gasteiger partial charge in [-0.05, 0) is 49.7 Å². The van der Waals surface area contributed by atoms with E-state index in [9.17, 15) is 0 Å². The summed E-state index contributed by atoms with van der Waals surface area (Å²) in [5, 5.41) is 0. The van der Waals surface area contributed by atoms with E-state index in [-0.39, 0.29) is 0 Å². The molecule has 98 valence electrons. The minimum Gasteiger partial charge on any atom is -0.373 e. The summed E-state index contributed by atoms with van der Waals surface area (Å²) in [6, 6.07) is 6.37. The third kappa shape index (κ3) is 3.36. The van der Waals surface area contributed by atoms with Crippen LogP contribution in [0, 0.1) is 0 Å². The fraction of sp³-hybridized carbons (Fsp3) is 0.467. The Kier molecular flexibility index (Phi) is 4.84. The quantitative estimate of drug-likeness (QED) is 0.819. The Morgan fingerprint density at radius 1 is 1.39 bits per heavy atom. The van der Waals surface area contributed by atoms with Gasteiger partial charge in [0.1, 0.15) is 0 Å². The van der Waals surface area contributed by atoms with Crippen LogP contribution in [0.5, 0.6) is 0 Å². The van der Waals surface area contributed by atoms with Gasteiger partial charge in [-0.15, -0.1) is 0 Å². The van der Waals surface area contributed by atoms with E-state index in [2.05, 4.69) is 57.6 Å². The maximum absolute atomic E-state index is 3.89. The van der Waals surface area contributed by atoms with Crippen LogP contribution in [0.4, 0.5) is 5.69 Å². The van der Waals surface area contributed by atoms with Crippen molar-refractivity contribution in [3.8, 4) is 0 Å². The van der Waals surface area contributed by atoms with Gasteiger partial charge in [-0.3, -0.25) is 0 Å². The molecule has 0 spiro atoms. The maximum Gasteiger partial charge on any atom is 0.0438 e. The Bertz CT molecular complexity index is 411. The Morgan fingerprint density at radius 3 is 2.78 bits per heavy atom. The smallest absolute Gasteiger partial charge is 0.0438 e. The molecule has 0 bridgehead atoms. The number of likely N-dealkylation sites (N-methyl/N-ethyl adjacent to an activating group) is 1. The van der Waals surface area contributed by atoms with Crippen LogP contribution in [0.25, 0.3) is 6.08 Å². The fourth-order valence-corrected chi connectivity index (χ4v) is 2.83. The van der Waals surface area contributed by atoms with Crippen LogP contribution in [0.2, 0.25) is 0 Å². The number of nitrogens with zero attached hydrogens (tertiary/aromatic N) is 2. The molecule has 0 unspecified atom stereocenters. The molecular weight excluding hydrogens is 288 g/mol. The Morgan fingerprint density at radius 2 is 2.11 bits per heavy atom. The van der Waals surface area contributed by atoms with Crippen molar-refractivity contribution in [1.29, 1.82) is 0 Å². The van der Waals surface area contributed by atoms with Gasteiger partial charge < -0.3 is 9.80 Å². The normalized spacial score (nSPS) is 15.9. The minimum atomic E-state index is 1.07. The van der Waals surface area contributed by atoms with Gasteiger partial charge in [0.25, 0.3) is 0 Å². The van der Waals surface area contributed by atoms with E-state index >= 15 is 0 Å². The van der Waals surface area contributed by atoms with Gasteiger partial charge in [-0.1, -0.05) is 28.6 Å². The maximum atomic E-state index is 3.89. The van der Waals surface area contributed by atoms with Crippen LogP contribution in [-0.4, -0.2) is 38.1 Å². The topological polar surface area (TPSA) is 6.48 Å². The number of halogens is 1. The van der Waals surface area contributed by atoms with E-state index in [4.69, 9.17) is 0 Å². The van der Waals surface area contributed by atoms with Crippen LogP contribution >= 0.6 is 15.9 Å². The van der Waals surface area contributed by atoms with Gasteiger partial charge in [0.15, 0.2) is 0 Å². The average Bonchev–Trinajstić information content (AvgIpc) is 2.88. The van der Waals surface area contributed by atoms with Crippen molar-refractivity contribution in [3.63, 3.8) is 0 Å². The van der Waals surface area contributed by atoms with E-state index in [1.165, 1.54) is 37.2 Å². The second-order valence-corrected chi connectivity index (χ2v) is 5.79. The summed E-state index contributed by atoms with van der Waals surface area (Å²) in [4.78, 5) is 4.87. The molecule has 0 saturated carbocycles. The molecule has 1 aliphatic rings. The van der Waals surface area contributed by atoms with Crippen molar-refractivity contribution in [1.82, 2.24) is 4.90 Å². The third-order valence-corrected chi connectivity index (χ3v) is 4.06. The summed E-state index contributed by atoms with van der Waals surface area (Å²) >= 11 is 3.50. The van der Waals surface area contributed by atoms with Gasteiger partial charge >= 0.3 is 0 Å². The highest BCUT2D eigenvalue weighted by atomic mass is 79.9. The number of anilines is 1. The van der Waals surface area contributed by atoms with Crippen molar-refractivity contribution in [2.75, 3.05) is 38.1 Å². The predicted molar refractivity (Wildman–Crippen MR) is 83.2 cm³/mol. The number of benzene rings is 1. The monoisotopic (exact) mass is 308 g/mol. The van der Waals surface area contributed by atoms with Crippen LogP contribution < -0.4 is 4.90 Å². The van der Waals surface area contributed by atoms with E-state index < -0.39 is 0 Å². The Labute approximate surface area is 118 Å². The summed E-state index contributed by atoms with van der Waals surface area (Å²) < 4.78 is 1.11. The Balaban J connectivity index is 1.98. The highest BCUT2D eigenvalue weighted by Gasteiger charge is 2.12. The molecule has 1 heterocycles. The summed E-state index contributed by atoms with van der Waals surface area (Å²) in [6.45, 7) is 8.66. The van der Waals surface area contributed by atoms with Crippen LogP contribution in [0.1, 0.15) is 18.4 Å². The largest absolute Gasteiger partial charge is 0.373 e. The molecule has 1 aromatic rings. The molecule has 2 nitrogen and oxygen atoms in total. The van der Waals surface area contributed by atoms with Gasteiger partial charge in [0.2, 0.25) is 0 Å². The van der Waals surface area contributed by atoms with E-state index in [1.54, 1.807) is 0 Å². The number of hydrogen-bond donors (Lipinski definition) is 0. The first-order valence-corrected chi connectivity index (χ1v) is 7.35. The standard InChI is InChI=1S/C15H21BrN2/c1-3-13-12-14(16)6-7-15(13)17(2)10-11-18-8-4-5-9-18/h3,6-7,12H,1,4-5,8-11H2,2H3. The number of hydrogen-bond acceptors (Lipinski definition) is 2. The lowest BCUT2D eigenvalue weighted by Crippen LogP contribution is -2.31. The summed E-state index contributed by atoms with van der Waals surface area (Å²) in [6.07, 6.45) is 4.65. The predicted octanol–water partition coefficient (Wildman–Crippen LogP) is 3.62. The number of likely N-dealkylation sites (tertiary alicyclic amines) is 1. The van der Waals surface area contributed by atoms with Crippen molar-refractivity contribution >= 4 is 27.7 Å². The highest BCUT2D eigenvalue weighted by molar-refractivity contribution is 9.10. The zero-order valence-electron chi connectivity index (χ0n) is 11.0. The number of rotatable bonds is 5. The molecular formula is C15H21BrN2. The average molecular weight is 309 g/mol. The molecule has 0 radical (unpaired) electrons. The van der Waals surface area contributed by atoms with Gasteiger partial charge in [0, 0.05) is 30.3 Å². The molecule has 0 amide bonds. The van der Waals surface area contributed by atoms with E-state index in [1.807, 2.05) is 6.08 Å². The SMILES string of the molecule is C=Cc1cc(Br)ccc1N(C)CCN1CCCC1. The summed E-state index contributed by atoms with van der Waals surface area (Å²) in [7, 11) is 2.16. The second-order valence-electron chi connectivity index (χ2n) is 4.88. The Hall–Kier alpha value is -0.800. The first-order chi connectivity index (χ1) is 8.70. The van der Waals surface area contributed by atoms with Gasteiger partial charge in [0.05, 0.1) is 0 Å². The molecule has 1 saturated heterocycles. The summed E-state index contributed by atoms with van der Waals surface area (Å²) in [5.74, 6) is 0. The molecule has 2 rings (SSSR count). The third-order valence-electron chi connectivity index (χ3n) is 3.57.